The highest BCUT2D eigenvalue weighted by Gasteiger charge is 2.21. The molecule has 0 spiro atoms. The number of hydrogen-bond acceptors (Lipinski definition) is 2. The van der Waals surface area contributed by atoms with Crippen LogP contribution in [0.25, 0.3) is 0 Å². The lowest BCUT2D eigenvalue weighted by Crippen LogP contribution is -2.32. The first-order valence-corrected chi connectivity index (χ1v) is 5.75. The predicted octanol–water partition coefficient (Wildman–Crippen LogP) is 2.16. The van der Waals surface area contributed by atoms with Crippen LogP contribution in [0.15, 0.2) is 18.2 Å². The second-order valence-electron chi connectivity index (χ2n) is 4.69. The molecule has 1 aromatic carbocycles. The zero-order valence-electron chi connectivity index (χ0n) is 9.84. The zero-order chi connectivity index (χ0) is 11.8. The molecule has 1 amide bonds. The van der Waals surface area contributed by atoms with Crippen molar-refractivity contribution in [3.05, 3.63) is 29.3 Å². The fourth-order valence-corrected chi connectivity index (χ4v) is 1.94. The fourth-order valence-electron chi connectivity index (χ4n) is 1.94. The van der Waals surface area contributed by atoms with Crippen LogP contribution in [0.1, 0.15) is 37.8 Å². The second kappa shape index (κ2) is 3.91. The first-order chi connectivity index (χ1) is 7.53. The molecule has 1 atom stereocenters. The lowest BCUT2D eigenvalue weighted by atomic mass is 9.88. The highest BCUT2D eigenvalue weighted by molar-refractivity contribution is 5.93. The molecule has 0 aromatic heterocycles. The largest absolute Gasteiger partial charge is 0.326 e. The Kier molecular flexibility index (Phi) is 2.72. The third-order valence-corrected chi connectivity index (χ3v) is 3.39. The van der Waals surface area contributed by atoms with Gasteiger partial charge in [0, 0.05) is 17.6 Å². The number of benzene rings is 1. The number of carbonyl (C=O) groups is 1. The normalized spacial score (nSPS) is 18.6. The van der Waals surface area contributed by atoms with Gasteiger partial charge >= 0.3 is 0 Å². The summed E-state index contributed by atoms with van der Waals surface area (Å²) >= 11 is 0. The monoisotopic (exact) mass is 218 g/mol. The van der Waals surface area contributed by atoms with Crippen molar-refractivity contribution in [2.24, 2.45) is 5.73 Å². The van der Waals surface area contributed by atoms with Gasteiger partial charge in [-0.1, -0.05) is 19.1 Å². The quantitative estimate of drug-likeness (QED) is 0.799. The molecule has 2 rings (SSSR count). The van der Waals surface area contributed by atoms with Gasteiger partial charge in [0.15, 0.2) is 0 Å². The number of hydrogen-bond donors (Lipinski definition) is 2. The van der Waals surface area contributed by atoms with Crippen LogP contribution in [0.5, 0.6) is 0 Å². The molecule has 0 bridgehead atoms. The van der Waals surface area contributed by atoms with Gasteiger partial charge in [-0.05, 0) is 37.0 Å². The van der Waals surface area contributed by atoms with Crippen molar-refractivity contribution >= 4 is 11.6 Å². The van der Waals surface area contributed by atoms with Gasteiger partial charge in [-0.2, -0.15) is 0 Å². The maximum atomic E-state index is 11.2. The van der Waals surface area contributed by atoms with Crippen LogP contribution in [0, 0.1) is 0 Å². The summed E-state index contributed by atoms with van der Waals surface area (Å²) in [5, 5.41) is 2.88. The Hall–Kier alpha value is -1.35. The van der Waals surface area contributed by atoms with E-state index in [0.29, 0.717) is 6.42 Å². The number of carbonyl (C=O) groups excluding carboxylic acids is 1. The standard InChI is InChI=1S/C13H18N2O/c1-3-13(2,14)10-5-6-11-9(8-10)4-7-12(16)15-11/h5-6,8H,3-4,7,14H2,1-2H3,(H,15,16). The number of rotatable bonds is 2. The number of anilines is 1. The minimum Gasteiger partial charge on any atom is -0.326 e. The highest BCUT2D eigenvalue weighted by Crippen LogP contribution is 2.28. The van der Waals surface area contributed by atoms with Crippen LogP contribution in [-0.4, -0.2) is 5.91 Å². The average Bonchev–Trinajstić information content (AvgIpc) is 2.28. The number of nitrogens with one attached hydrogen (secondary N) is 1. The Balaban J connectivity index is 2.36. The van der Waals surface area contributed by atoms with Crippen molar-refractivity contribution in [2.45, 2.75) is 38.6 Å². The van der Waals surface area contributed by atoms with Gasteiger partial charge in [0.25, 0.3) is 0 Å². The summed E-state index contributed by atoms with van der Waals surface area (Å²) in [6, 6.07) is 6.09. The first-order valence-electron chi connectivity index (χ1n) is 5.75. The molecule has 0 saturated carbocycles. The van der Waals surface area contributed by atoms with E-state index in [-0.39, 0.29) is 11.4 Å². The van der Waals surface area contributed by atoms with E-state index < -0.39 is 0 Å². The Morgan fingerprint density at radius 3 is 2.88 bits per heavy atom. The Morgan fingerprint density at radius 1 is 1.44 bits per heavy atom. The van der Waals surface area contributed by atoms with Gasteiger partial charge in [-0.25, -0.2) is 0 Å². The molecule has 0 saturated heterocycles. The van der Waals surface area contributed by atoms with Crippen molar-refractivity contribution in [2.75, 3.05) is 5.32 Å². The molecule has 0 radical (unpaired) electrons. The molecule has 86 valence electrons. The Morgan fingerprint density at radius 2 is 2.19 bits per heavy atom. The molecule has 0 aliphatic carbocycles. The van der Waals surface area contributed by atoms with Crippen molar-refractivity contribution in [1.82, 2.24) is 0 Å². The van der Waals surface area contributed by atoms with E-state index in [2.05, 4.69) is 18.3 Å². The molecule has 1 aliphatic heterocycles. The second-order valence-corrected chi connectivity index (χ2v) is 4.69. The van der Waals surface area contributed by atoms with Gasteiger partial charge in [-0.3, -0.25) is 4.79 Å². The molecule has 3 N–H and O–H groups in total. The van der Waals surface area contributed by atoms with Crippen LogP contribution < -0.4 is 11.1 Å². The van der Waals surface area contributed by atoms with Crippen molar-refractivity contribution < 1.29 is 4.79 Å². The molecule has 1 aromatic rings. The van der Waals surface area contributed by atoms with E-state index >= 15 is 0 Å². The van der Waals surface area contributed by atoms with Gasteiger partial charge in [0.1, 0.15) is 0 Å². The van der Waals surface area contributed by atoms with Crippen LogP contribution in [0.2, 0.25) is 0 Å². The number of fused-ring (bicyclic) bond motifs is 1. The molecule has 16 heavy (non-hydrogen) atoms. The lowest BCUT2D eigenvalue weighted by molar-refractivity contribution is -0.116. The third-order valence-electron chi connectivity index (χ3n) is 3.39. The molecule has 3 heteroatoms. The zero-order valence-corrected chi connectivity index (χ0v) is 9.84. The van der Waals surface area contributed by atoms with Crippen LogP contribution in [0.4, 0.5) is 5.69 Å². The average molecular weight is 218 g/mol. The van der Waals surface area contributed by atoms with Gasteiger partial charge < -0.3 is 11.1 Å². The summed E-state index contributed by atoms with van der Waals surface area (Å²) in [5.41, 5.74) is 9.21. The molecule has 1 unspecified atom stereocenters. The molecule has 3 nitrogen and oxygen atoms in total. The van der Waals surface area contributed by atoms with Crippen molar-refractivity contribution in [3.8, 4) is 0 Å². The highest BCUT2D eigenvalue weighted by atomic mass is 16.1. The topological polar surface area (TPSA) is 55.1 Å². The summed E-state index contributed by atoms with van der Waals surface area (Å²) in [7, 11) is 0. The van der Waals surface area contributed by atoms with E-state index in [4.69, 9.17) is 5.73 Å². The smallest absolute Gasteiger partial charge is 0.224 e. The minimum atomic E-state index is -0.281. The molecule has 1 aliphatic rings. The van der Waals surface area contributed by atoms with E-state index in [9.17, 15) is 4.79 Å². The molecule has 0 fully saturated rings. The maximum Gasteiger partial charge on any atom is 0.224 e. The number of amides is 1. The summed E-state index contributed by atoms with van der Waals surface area (Å²) in [4.78, 5) is 11.2. The number of nitrogens with two attached hydrogens (primary N) is 1. The maximum absolute atomic E-state index is 11.2. The van der Waals surface area contributed by atoms with E-state index in [1.54, 1.807) is 0 Å². The summed E-state index contributed by atoms with van der Waals surface area (Å²) < 4.78 is 0. The summed E-state index contributed by atoms with van der Waals surface area (Å²) in [6.07, 6.45) is 2.29. The summed E-state index contributed by atoms with van der Waals surface area (Å²) in [6.45, 7) is 4.12. The molecular weight excluding hydrogens is 200 g/mol. The summed E-state index contributed by atoms with van der Waals surface area (Å²) in [5.74, 6) is 0.103. The van der Waals surface area contributed by atoms with Gasteiger partial charge in [-0.15, -0.1) is 0 Å². The Bertz CT molecular complexity index is 424. The molecular formula is C13H18N2O. The predicted molar refractivity (Wildman–Crippen MR) is 65.2 cm³/mol. The first kappa shape index (κ1) is 11.1. The third kappa shape index (κ3) is 1.95. The van der Waals surface area contributed by atoms with Crippen molar-refractivity contribution in [3.63, 3.8) is 0 Å². The lowest BCUT2D eigenvalue weighted by Gasteiger charge is -2.26. The minimum absolute atomic E-state index is 0.103. The molecule has 1 heterocycles. The Labute approximate surface area is 96.0 Å². The van der Waals surface area contributed by atoms with E-state index in [1.165, 1.54) is 5.56 Å². The number of aryl methyl sites for hydroxylation is 1. The van der Waals surface area contributed by atoms with Crippen LogP contribution in [0.3, 0.4) is 0 Å². The van der Waals surface area contributed by atoms with Gasteiger partial charge in [0.05, 0.1) is 0 Å². The SMILES string of the molecule is CCC(C)(N)c1ccc2c(c1)CCC(=O)N2. The van der Waals surface area contributed by atoms with Crippen LogP contribution >= 0.6 is 0 Å². The van der Waals surface area contributed by atoms with Crippen LogP contribution in [-0.2, 0) is 16.8 Å². The van der Waals surface area contributed by atoms with Crippen molar-refractivity contribution in [1.29, 1.82) is 0 Å². The fraction of sp³-hybridized carbons (Fsp3) is 0.462. The van der Waals surface area contributed by atoms with Gasteiger partial charge in [0.2, 0.25) is 5.91 Å². The van der Waals surface area contributed by atoms with E-state index in [1.807, 2.05) is 19.1 Å². The van der Waals surface area contributed by atoms with E-state index in [0.717, 1.165) is 24.1 Å².